The number of rotatable bonds is 2. The molecule has 0 aromatic carbocycles. The van der Waals surface area contributed by atoms with E-state index in [1.165, 1.54) is 6.20 Å². The molecule has 0 bridgehead atoms. The molecule has 0 aliphatic carbocycles. The van der Waals surface area contributed by atoms with Crippen molar-refractivity contribution >= 4 is 22.6 Å². The molecule has 4 aromatic heterocycles. The number of fused-ring (bicyclic) bond motifs is 2. The van der Waals surface area contributed by atoms with E-state index in [1.54, 1.807) is 16.9 Å². The number of nitrogens with one attached hydrogen (secondary N) is 1. The van der Waals surface area contributed by atoms with Crippen LogP contribution in [0, 0.1) is 0 Å². The molecule has 0 fully saturated rings. The lowest BCUT2D eigenvalue weighted by atomic mass is 10.1. The molecule has 4 aromatic rings. The number of hydrogen-bond acceptors (Lipinski definition) is 4. The number of H-pyrrole nitrogens is 1. The first-order chi connectivity index (χ1) is 10.2. The molecule has 0 aliphatic heterocycles. The number of primary amides is 1. The van der Waals surface area contributed by atoms with E-state index in [2.05, 4.69) is 20.1 Å². The van der Waals surface area contributed by atoms with Crippen LogP contribution < -0.4 is 5.73 Å². The summed E-state index contributed by atoms with van der Waals surface area (Å²) < 4.78 is 1.55. The Morgan fingerprint density at radius 1 is 1.24 bits per heavy atom. The Labute approximate surface area is 118 Å². The summed E-state index contributed by atoms with van der Waals surface area (Å²) in [5.74, 6) is -0.540. The van der Waals surface area contributed by atoms with E-state index in [-0.39, 0.29) is 0 Å². The first-order valence-corrected chi connectivity index (χ1v) is 6.30. The number of aromatic nitrogens is 5. The van der Waals surface area contributed by atoms with Crippen molar-refractivity contribution < 1.29 is 4.79 Å². The van der Waals surface area contributed by atoms with E-state index < -0.39 is 5.91 Å². The van der Waals surface area contributed by atoms with Crippen molar-refractivity contribution in [1.29, 1.82) is 0 Å². The molecule has 0 saturated carbocycles. The Hall–Kier alpha value is -3.22. The summed E-state index contributed by atoms with van der Waals surface area (Å²) in [6, 6.07) is 3.87. The first kappa shape index (κ1) is 11.6. The van der Waals surface area contributed by atoms with Crippen molar-refractivity contribution in [3.63, 3.8) is 0 Å². The van der Waals surface area contributed by atoms with Crippen molar-refractivity contribution in [2.75, 3.05) is 0 Å². The van der Waals surface area contributed by atoms with Crippen molar-refractivity contribution in [3.8, 4) is 11.1 Å². The average molecular weight is 278 g/mol. The minimum Gasteiger partial charge on any atom is -0.365 e. The van der Waals surface area contributed by atoms with Crippen LogP contribution in [0.15, 0.2) is 43.1 Å². The van der Waals surface area contributed by atoms with E-state index >= 15 is 0 Å². The maximum atomic E-state index is 11.3. The van der Waals surface area contributed by atoms with Gasteiger partial charge in [0, 0.05) is 35.7 Å². The van der Waals surface area contributed by atoms with Crippen LogP contribution in [0.4, 0.5) is 0 Å². The van der Waals surface area contributed by atoms with Crippen LogP contribution in [0.2, 0.25) is 0 Å². The van der Waals surface area contributed by atoms with Crippen molar-refractivity contribution in [2.45, 2.75) is 0 Å². The lowest BCUT2D eigenvalue weighted by Crippen LogP contribution is -2.10. The Kier molecular flexibility index (Phi) is 2.28. The molecule has 0 spiro atoms. The highest BCUT2D eigenvalue weighted by Crippen LogP contribution is 2.26. The molecule has 7 nitrogen and oxygen atoms in total. The first-order valence-electron chi connectivity index (χ1n) is 6.30. The lowest BCUT2D eigenvalue weighted by Gasteiger charge is -2.03. The topological polar surface area (TPSA) is 102 Å². The molecule has 4 heterocycles. The molecule has 21 heavy (non-hydrogen) atoms. The van der Waals surface area contributed by atoms with Gasteiger partial charge >= 0.3 is 0 Å². The smallest absolute Gasteiger partial charge is 0.254 e. The highest BCUT2D eigenvalue weighted by Gasteiger charge is 2.12. The van der Waals surface area contributed by atoms with Gasteiger partial charge in [0.25, 0.3) is 5.91 Å². The van der Waals surface area contributed by atoms with Gasteiger partial charge in [0.1, 0.15) is 11.2 Å². The number of amides is 1. The zero-order valence-electron chi connectivity index (χ0n) is 10.8. The summed E-state index contributed by atoms with van der Waals surface area (Å²) in [6.07, 6.45) is 8.51. The highest BCUT2D eigenvalue weighted by molar-refractivity contribution is 5.98. The van der Waals surface area contributed by atoms with Gasteiger partial charge in [-0.3, -0.25) is 4.79 Å². The standard InChI is InChI=1S/C14H10N6O/c15-12(21)11-6-19-20-7-8(5-18-14(11)20)9-1-3-16-13-10(9)2-4-17-13/h1-7H,(H2,15,21)(H,16,17). The molecular formula is C14H10N6O. The third-order valence-electron chi connectivity index (χ3n) is 3.39. The van der Waals surface area contributed by atoms with Crippen LogP contribution in [0.25, 0.3) is 27.8 Å². The zero-order chi connectivity index (χ0) is 14.4. The maximum Gasteiger partial charge on any atom is 0.254 e. The van der Waals surface area contributed by atoms with Crippen LogP contribution in [-0.4, -0.2) is 30.5 Å². The van der Waals surface area contributed by atoms with Gasteiger partial charge in [0.15, 0.2) is 5.65 Å². The van der Waals surface area contributed by atoms with E-state index in [4.69, 9.17) is 5.73 Å². The summed E-state index contributed by atoms with van der Waals surface area (Å²) in [5.41, 5.74) is 8.73. The molecule has 0 aliphatic rings. The number of aromatic amines is 1. The fourth-order valence-electron chi connectivity index (χ4n) is 2.40. The second kappa shape index (κ2) is 4.14. The summed E-state index contributed by atoms with van der Waals surface area (Å²) in [5, 5.41) is 5.12. The Morgan fingerprint density at radius 2 is 2.14 bits per heavy atom. The SMILES string of the molecule is NC(=O)c1cnn2cc(-c3ccnc4[nH]ccc34)cnc12. The predicted octanol–water partition coefficient (Wildman–Crippen LogP) is 1.37. The van der Waals surface area contributed by atoms with E-state index in [1.807, 2.05) is 24.5 Å². The summed E-state index contributed by atoms with van der Waals surface area (Å²) >= 11 is 0. The summed E-state index contributed by atoms with van der Waals surface area (Å²) in [7, 11) is 0. The molecule has 7 heteroatoms. The number of carbonyl (C=O) groups is 1. The van der Waals surface area contributed by atoms with E-state index in [9.17, 15) is 4.79 Å². The van der Waals surface area contributed by atoms with Crippen LogP contribution in [0.1, 0.15) is 10.4 Å². The fraction of sp³-hybridized carbons (Fsp3) is 0. The summed E-state index contributed by atoms with van der Waals surface area (Å²) in [4.78, 5) is 22.9. The number of hydrogen-bond donors (Lipinski definition) is 2. The second-order valence-electron chi connectivity index (χ2n) is 4.63. The van der Waals surface area contributed by atoms with Gasteiger partial charge in [-0.25, -0.2) is 14.5 Å². The van der Waals surface area contributed by atoms with Gasteiger partial charge in [-0.1, -0.05) is 0 Å². The van der Waals surface area contributed by atoms with E-state index in [0.29, 0.717) is 11.2 Å². The molecule has 0 unspecified atom stereocenters. The summed E-state index contributed by atoms with van der Waals surface area (Å²) in [6.45, 7) is 0. The molecule has 4 rings (SSSR count). The van der Waals surface area contributed by atoms with Gasteiger partial charge in [0.2, 0.25) is 0 Å². The maximum absolute atomic E-state index is 11.3. The molecule has 102 valence electrons. The number of nitrogens with zero attached hydrogens (tertiary/aromatic N) is 4. The minimum absolute atomic E-state index is 0.308. The van der Waals surface area contributed by atoms with Crippen molar-refractivity contribution in [1.82, 2.24) is 24.6 Å². The highest BCUT2D eigenvalue weighted by atomic mass is 16.1. The molecule has 0 saturated heterocycles. The van der Waals surface area contributed by atoms with Gasteiger partial charge in [-0.2, -0.15) is 5.10 Å². The van der Waals surface area contributed by atoms with Gasteiger partial charge in [-0.15, -0.1) is 0 Å². The molecule has 0 radical (unpaired) electrons. The number of carbonyl (C=O) groups excluding carboxylic acids is 1. The Balaban J connectivity index is 1.95. The fourth-order valence-corrected chi connectivity index (χ4v) is 2.40. The van der Waals surface area contributed by atoms with Crippen LogP contribution in [0.3, 0.4) is 0 Å². The lowest BCUT2D eigenvalue weighted by molar-refractivity contribution is 0.100. The Morgan fingerprint density at radius 3 is 3.00 bits per heavy atom. The monoisotopic (exact) mass is 278 g/mol. The van der Waals surface area contributed by atoms with Crippen LogP contribution in [-0.2, 0) is 0 Å². The van der Waals surface area contributed by atoms with Crippen molar-refractivity contribution in [3.05, 3.63) is 48.7 Å². The van der Waals surface area contributed by atoms with Gasteiger partial charge in [0.05, 0.1) is 6.20 Å². The largest absolute Gasteiger partial charge is 0.365 e. The third-order valence-corrected chi connectivity index (χ3v) is 3.39. The molecule has 0 atom stereocenters. The number of nitrogens with two attached hydrogens (primary N) is 1. The van der Waals surface area contributed by atoms with Crippen molar-refractivity contribution in [2.24, 2.45) is 5.73 Å². The molecule has 3 N–H and O–H groups in total. The van der Waals surface area contributed by atoms with Gasteiger partial charge < -0.3 is 10.7 Å². The minimum atomic E-state index is -0.540. The van der Waals surface area contributed by atoms with Crippen LogP contribution in [0.5, 0.6) is 0 Å². The normalized spacial score (nSPS) is 11.2. The quantitative estimate of drug-likeness (QED) is 0.578. The number of pyridine rings is 1. The van der Waals surface area contributed by atoms with Crippen LogP contribution >= 0.6 is 0 Å². The second-order valence-corrected chi connectivity index (χ2v) is 4.63. The molecule has 1 amide bonds. The average Bonchev–Trinajstić information content (AvgIpc) is 3.12. The zero-order valence-corrected chi connectivity index (χ0v) is 10.8. The predicted molar refractivity (Wildman–Crippen MR) is 76.6 cm³/mol. The molecular weight excluding hydrogens is 268 g/mol. The Bertz CT molecular complexity index is 983. The van der Waals surface area contributed by atoms with Gasteiger partial charge in [-0.05, 0) is 17.7 Å². The third kappa shape index (κ3) is 1.68. The van der Waals surface area contributed by atoms with E-state index in [0.717, 1.165) is 22.2 Å².